The molecule has 21 heavy (non-hydrogen) atoms. The second kappa shape index (κ2) is 4.45. The van der Waals surface area contributed by atoms with Crippen LogP contribution >= 0.6 is 0 Å². The van der Waals surface area contributed by atoms with Gasteiger partial charge in [0.15, 0.2) is 0 Å². The van der Waals surface area contributed by atoms with Crippen molar-refractivity contribution in [2.24, 2.45) is 0 Å². The Kier molecular flexibility index (Phi) is 2.47. The highest BCUT2D eigenvalue weighted by atomic mass is 16.2. The number of aromatic amines is 1. The van der Waals surface area contributed by atoms with E-state index < -0.39 is 0 Å². The molecule has 0 saturated heterocycles. The molecule has 2 heterocycles. The number of H-pyrrole nitrogens is 1. The molecule has 6 nitrogen and oxygen atoms in total. The smallest absolute Gasteiger partial charge is 0.270 e. The Labute approximate surface area is 119 Å². The fourth-order valence-corrected chi connectivity index (χ4v) is 2.30. The van der Waals surface area contributed by atoms with Gasteiger partial charge in [-0.2, -0.15) is 0 Å². The van der Waals surface area contributed by atoms with Crippen molar-refractivity contribution in [3.05, 3.63) is 60.7 Å². The van der Waals surface area contributed by atoms with E-state index >= 15 is 0 Å². The lowest BCUT2D eigenvalue weighted by atomic mass is 10.2. The summed E-state index contributed by atoms with van der Waals surface area (Å²) in [7, 11) is 0. The SMILES string of the molecule is O=C(Nn1cnc2ccccc21)c1ccc2nc[nH]c2c1. The molecule has 0 aliphatic carbocycles. The summed E-state index contributed by atoms with van der Waals surface area (Å²) in [6, 6.07) is 13.0. The average Bonchev–Trinajstić information content (AvgIpc) is 3.13. The average molecular weight is 277 g/mol. The molecule has 0 fully saturated rings. The van der Waals surface area contributed by atoms with Crippen LogP contribution in [0.25, 0.3) is 22.1 Å². The standard InChI is InChI=1S/C15H11N5O/c21-15(10-5-6-11-13(7-10)17-8-16-11)19-20-9-18-12-3-1-2-4-14(12)20/h1-9H,(H,16,17)(H,19,21). The molecule has 0 spiro atoms. The molecule has 1 amide bonds. The third kappa shape index (κ3) is 1.93. The summed E-state index contributed by atoms with van der Waals surface area (Å²) in [5.41, 5.74) is 6.73. The number of imidazole rings is 2. The maximum absolute atomic E-state index is 12.3. The quantitative estimate of drug-likeness (QED) is 0.590. The fraction of sp³-hybridized carbons (Fsp3) is 0. The van der Waals surface area contributed by atoms with Crippen LogP contribution in [0.3, 0.4) is 0 Å². The summed E-state index contributed by atoms with van der Waals surface area (Å²) in [5.74, 6) is -0.199. The molecule has 2 N–H and O–H groups in total. The van der Waals surface area contributed by atoms with Gasteiger partial charge < -0.3 is 4.98 Å². The van der Waals surface area contributed by atoms with E-state index in [4.69, 9.17) is 0 Å². The van der Waals surface area contributed by atoms with E-state index in [1.165, 1.54) is 0 Å². The number of para-hydroxylation sites is 2. The van der Waals surface area contributed by atoms with E-state index in [2.05, 4.69) is 20.4 Å². The minimum Gasteiger partial charge on any atom is -0.345 e. The van der Waals surface area contributed by atoms with Crippen LogP contribution in [0.4, 0.5) is 0 Å². The Morgan fingerprint density at radius 1 is 1.10 bits per heavy atom. The molecule has 0 aliphatic heterocycles. The number of hydrogen-bond acceptors (Lipinski definition) is 3. The van der Waals surface area contributed by atoms with Gasteiger partial charge in [0.1, 0.15) is 6.33 Å². The monoisotopic (exact) mass is 277 g/mol. The molecule has 0 unspecified atom stereocenters. The summed E-state index contributed by atoms with van der Waals surface area (Å²) in [5, 5.41) is 0. The van der Waals surface area contributed by atoms with E-state index in [-0.39, 0.29) is 5.91 Å². The molecule has 0 atom stereocenters. The van der Waals surface area contributed by atoms with Crippen molar-refractivity contribution in [1.82, 2.24) is 19.6 Å². The molecular weight excluding hydrogens is 266 g/mol. The van der Waals surface area contributed by atoms with Gasteiger partial charge in [-0.3, -0.25) is 10.2 Å². The number of nitrogens with one attached hydrogen (secondary N) is 2. The Morgan fingerprint density at radius 3 is 2.95 bits per heavy atom. The van der Waals surface area contributed by atoms with Crippen molar-refractivity contribution < 1.29 is 4.79 Å². The number of aromatic nitrogens is 4. The highest BCUT2D eigenvalue weighted by molar-refractivity contribution is 6.02. The normalized spacial score (nSPS) is 11.0. The first-order chi connectivity index (χ1) is 10.3. The van der Waals surface area contributed by atoms with Gasteiger partial charge in [-0.25, -0.2) is 14.6 Å². The topological polar surface area (TPSA) is 75.6 Å². The van der Waals surface area contributed by atoms with E-state index in [1.54, 1.807) is 29.5 Å². The third-order valence-electron chi connectivity index (χ3n) is 3.36. The molecule has 4 rings (SSSR count). The highest BCUT2D eigenvalue weighted by Gasteiger charge is 2.09. The summed E-state index contributed by atoms with van der Waals surface area (Å²) < 4.78 is 1.62. The third-order valence-corrected chi connectivity index (χ3v) is 3.36. The second-order valence-electron chi connectivity index (χ2n) is 4.68. The first-order valence-corrected chi connectivity index (χ1v) is 6.48. The van der Waals surface area contributed by atoms with Crippen molar-refractivity contribution in [2.45, 2.75) is 0 Å². The molecule has 0 saturated carbocycles. The van der Waals surface area contributed by atoms with Crippen molar-refractivity contribution in [3.63, 3.8) is 0 Å². The molecule has 2 aromatic heterocycles. The van der Waals surface area contributed by atoms with Crippen LogP contribution in [0.2, 0.25) is 0 Å². The summed E-state index contributed by atoms with van der Waals surface area (Å²) in [6.45, 7) is 0. The van der Waals surface area contributed by atoms with Crippen molar-refractivity contribution in [3.8, 4) is 0 Å². The molecule has 102 valence electrons. The number of amides is 1. The molecule has 6 heteroatoms. The number of carbonyl (C=O) groups is 1. The van der Waals surface area contributed by atoms with Gasteiger partial charge in [-0.15, -0.1) is 0 Å². The van der Waals surface area contributed by atoms with Gasteiger partial charge in [0, 0.05) is 5.56 Å². The highest BCUT2D eigenvalue weighted by Crippen LogP contribution is 2.13. The Hall–Kier alpha value is -3.15. The first kappa shape index (κ1) is 11.7. The number of nitrogens with zero attached hydrogens (tertiary/aromatic N) is 3. The molecular formula is C15H11N5O. The van der Waals surface area contributed by atoms with Gasteiger partial charge in [0.05, 0.1) is 28.4 Å². The zero-order valence-corrected chi connectivity index (χ0v) is 10.9. The number of benzene rings is 2. The van der Waals surface area contributed by atoms with E-state index in [0.717, 1.165) is 22.1 Å². The van der Waals surface area contributed by atoms with Gasteiger partial charge in [0.25, 0.3) is 5.91 Å². The van der Waals surface area contributed by atoms with Crippen LogP contribution in [-0.4, -0.2) is 25.5 Å². The van der Waals surface area contributed by atoms with Crippen molar-refractivity contribution in [1.29, 1.82) is 0 Å². The molecule has 4 aromatic rings. The Bertz CT molecular complexity index is 953. The lowest BCUT2D eigenvalue weighted by Crippen LogP contribution is -2.21. The predicted molar refractivity (Wildman–Crippen MR) is 79.5 cm³/mol. The van der Waals surface area contributed by atoms with Crippen LogP contribution in [-0.2, 0) is 0 Å². The number of fused-ring (bicyclic) bond motifs is 2. The van der Waals surface area contributed by atoms with Crippen LogP contribution in [0.5, 0.6) is 0 Å². The zero-order chi connectivity index (χ0) is 14.2. The zero-order valence-electron chi connectivity index (χ0n) is 10.9. The summed E-state index contributed by atoms with van der Waals surface area (Å²) in [4.78, 5) is 23.7. The maximum Gasteiger partial charge on any atom is 0.270 e. The lowest BCUT2D eigenvalue weighted by Gasteiger charge is -2.07. The van der Waals surface area contributed by atoms with Crippen LogP contribution in [0.1, 0.15) is 10.4 Å². The van der Waals surface area contributed by atoms with E-state index in [9.17, 15) is 4.79 Å². The molecule has 0 bridgehead atoms. The number of rotatable bonds is 2. The molecule has 2 aromatic carbocycles. The molecule has 0 radical (unpaired) electrons. The Morgan fingerprint density at radius 2 is 2.00 bits per heavy atom. The maximum atomic E-state index is 12.3. The largest absolute Gasteiger partial charge is 0.345 e. The van der Waals surface area contributed by atoms with Crippen molar-refractivity contribution in [2.75, 3.05) is 5.43 Å². The van der Waals surface area contributed by atoms with Gasteiger partial charge in [-0.05, 0) is 30.3 Å². The lowest BCUT2D eigenvalue weighted by molar-refractivity contribution is 0.101. The van der Waals surface area contributed by atoms with E-state index in [0.29, 0.717) is 5.56 Å². The van der Waals surface area contributed by atoms with Gasteiger partial charge in [0.2, 0.25) is 0 Å². The van der Waals surface area contributed by atoms with Gasteiger partial charge in [-0.1, -0.05) is 12.1 Å². The minimum atomic E-state index is -0.199. The Balaban J connectivity index is 1.68. The van der Waals surface area contributed by atoms with Crippen LogP contribution in [0.15, 0.2) is 55.1 Å². The predicted octanol–water partition coefficient (Wildman–Crippen LogP) is 2.30. The summed E-state index contributed by atoms with van der Waals surface area (Å²) in [6.07, 6.45) is 3.20. The van der Waals surface area contributed by atoms with E-state index in [1.807, 2.05) is 30.3 Å². The van der Waals surface area contributed by atoms with Crippen LogP contribution < -0.4 is 5.43 Å². The molecule has 0 aliphatic rings. The number of carbonyl (C=O) groups excluding carboxylic acids is 1. The van der Waals surface area contributed by atoms with Gasteiger partial charge >= 0.3 is 0 Å². The van der Waals surface area contributed by atoms with Crippen molar-refractivity contribution >= 4 is 28.0 Å². The summed E-state index contributed by atoms with van der Waals surface area (Å²) >= 11 is 0. The number of hydrogen-bond donors (Lipinski definition) is 2. The fourth-order valence-electron chi connectivity index (χ4n) is 2.30. The second-order valence-corrected chi connectivity index (χ2v) is 4.68. The minimum absolute atomic E-state index is 0.199. The van der Waals surface area contributed by atoms with Crippen LogP contribution in [0, 0.1) is 0 Å². The first-order valence-electron chi connectivity index (χ1n) is 6.48.